The number of carbonyl (C=O) groups excluding carboxylic acids is 2. The maximum absolute atomic E-state index is 12.7. The van der Waals surface area contributed by atoms with Crippen molar-refractivity contribution in [3.8, 4) is 0 Å². The molecule has 0 saturated carbocycles. The van der Waals surface area contributed by atoms with Gasteiger partial charge in [-0.3, -0.25) is 9.59 Å². The van der Waals surface area contributed by atoms with Gasteiger partial charge in [0.25, 0.3) is 11.8 Å². The van der Waals surface area contributed by atoms with Crippen LogP contribution in [0.5, 0.6) is 0 Å². The fourth-order valence-electron chi connectivity index (χ4n) is 3.53. The molecule has 158 valence electrons. The molecule has 0 atom stereocenters. The molecule has 1 fully saturated rings. The first-order chi connectivity index (χ1) is 15.0. The van der Waals surface area contributed by atoms with E-state index in [4.69, 9.17) is 11.6 Å². The second-order valence-electron chi connectivity index (χ2n) is 7.30. The van der Waals surface area contributed by atoms with Gasteiger partial charge >= 0.3 is 0 Å². The summed E-state index contributed by atoms with van der Waals surface area (Å²) >= 11 is 8.10. The smallest absolute Gasteiger partial charge is 0.255 e. The number of carbonyl (C=O) groups is 2. The number of nitrogens with zero attached hydrogens (tertiary/aromatic N) is 2. The minimum absolute atomic E-state index is 0.0324. The van der Waals surface area contributed by atoms with E-state index >= 15 is 0 Å². The molecule has 3 aromatic rings. The fraction of sp³-hybridized carbons (Fsp3) is 0.167. The zero-order chi connectivity index (χ0) is 21.8. The van der Waals surface area contributed by atoms with Crippen molar-refractivity contribution in [2.45, 2.75) is 0 Å². The summed E-state index contributed by atoms with van der Waals surface area (Å²) in [5.74, 6) is -0.0921. The van der Waals surface area contributed by atoms with Crippen molar-refractivity contribution in [2.24, 2.45) is 0 Å². The Bertz CT molecular complexity index is 1080. The molecule has 1 N–H and O–H groups in total. The van der Waals surface area contributed by atoms with E-state index in [2.05, 4.69) is 32.8 Å². The van der Waals surface area contributed by atoms with Crippen molar-refractivity contribution >= 4 is 57.4 Å². The van der Waals surface area contributed by atoms with Gasteiger partial charge in [0.1, 0.15) is 0 Å². The maximum Gasteiger partial charge on any atom is 0.255 e. The quantitative estimate of drug-likeness (QED) is 0.461. The number of amides is 2. The number of anilines is 2. The molecule has 1 aliphatic rings. The van der Waals surface area contributed by atoms with Gasteiger partial charge in [-0.15, -0.1) is 0 Å². The number of nitrogens with one attached hydrogen (secondary N) is 1. The fourth-order valence-corrected chi connectivity index (χ4v) is 4.20. The Morgan fingerprint density at radius 1 is 0.839 bits per heavy atom. The van der Waals surface area contributed by atoms with Crippen LogP contribution in [0.15, 0.2) is 72.8 Å². The Morgan fingerprint density at radius 2 is 1.52 bits per heavy atom. The van der Waals surface area contributed by atoms with Gasteiger partial charge in [-0.1, -0.05) is 17.7 Å². The molecule has 2 amide bonds. The molecule has 1 heterocycles. The third-order valence-corrected chi connectivity index (χ3v) is 6.16. The molecule has 1 saturated heterocycles. The van der Waals surface area contributed by atoms with Crippen molar-refractivity contribution in [3.63, 3.8) is 0 Å². The van der Waals surface area contributed by atoms with E-state index in [1.54, 1.807) is 30.3 Å². The van der Waals surface area contributed by atoms with Crippen LogP contribution in [0.3, 0.4) is 0 Å². The second-order valence-corrected chi connectivity index (χ2v) is 8.98. The minimum Gasteiger partial charge on any atom is -0.368 e. The SMILES string of the molecule is O=C(Nc1ccc(N2CCN(C(=O)c3ccc(Cl)cc3)CC2)cc1)c1cccc(I)c1. The Balaban J connectivity index is 1.33. The van der Waals surface area contributed by atoms with E-state index in [1.807, 2.05) is 47.4 Å². The Labute approximate surface area is 200 Å². The van der Waals surface area contributed by atoms with Gasteiger partial charge < -0.3 is 15.1 Å². The van der Waals surface area contributed by atoms with E-state index < -0.39 is 0 Å². The van der Waals surface area contributed by atoms with Gasteiger partial charge in [0, 0.05) is 57.3 Å². The zero-order valence-electron chi connectivity index (χ0n) is 16.7. The van der Waals surface area contributed by atoms with E-state index in [-0.39, 0.29) is 11.8 Å². The minimum atomic E-state index is -0.124. The Hall–Kier alpha value is -2.58. The first kappa shape index (κ1) is 21.6. The zero-order valence-corrected chi connectivity index (χ0v) is 19.6. The largest absolute Gasteiger partial charge is 0.368 e. The molecule has 31 heavy (non-hydrogen) atoms. The number of halogens is 2. The number of rotatable bonds is 4. The summed E-state index contributed by atoms with van der Waals surface area (Å²) in [4.78, 5) is 29.2. The van der Waals surface area contributed by atoms with Crippen LogP contribution < -0.4 is 10.2 Å². The van der Waals surface area contributed by atoms with E-state index in [1.165, 1.54) is 0 Å². The van der Waals surface area contributed by atoms with Crippen LogP contribution in [0.4, 0.5) is 11.4 Å². The lowest BCUT2D eigenvalue weighted by Crippen LogP contribution is -2.48. The van der Waals surface area contributed by atoms with Crippen LogP contribution >= 0.6 is 34.2 Å². The molecule has 4 rings (SSSR count). The van der Waals surface area contributed by atoms with E-state index in [0.29, 0.717) is 29.2 Å². The lowest BCUT2D eigenvalue weighted by Gasteiger charge is -2.36. The molecule has 0 aromatic heterocycles. The second kappa shape index (κ2) is 9.70. The molecule has 0 spiro atoms. The number of hydrogen-bond acceptors (Lipinski definition) is 3. The molecular formula is C24H21ClIN3O2. The maximum atomic E-state index is 12.7. The highest BCUT2D eigenvalue weighted by Gasteiger charge is 2.22. The van der Waals surface area contributed by atoms with Crippen molar-refractivity contribution in [3.05, 3.63) is 92.5 Å². The molecule has 0 unspecified atom stereocenters. The van der Waals surface area contributed by atoms with E-state index in [9.17, 15) is 9.59 Å². The molecular weight excluding hydrogens is 525 g/mol. The van der Waals surface area contributed by atoms with Gasteiger partial charge in [0.2, 0.25) is 0 Å². The molecule has 5 nitrogen and oxygen atoms in total. The summed E-state index contributed by atoms with van der Waals surface area (Å²) in [7, 11) is 0. The Kier molecular flexibility index (Phi) is 6.77. The molecule has 0 radical (unpaired) electrons. The highest BCUT2D eigenvalue weighted by Crippen LogP contribution is 2.21. The third-order valence-electron chi connectivity index (χ3n) is 5.24. The summed E-state index contributed by atoms with van der Waals surface area (Å²) in [5, 5.41) is 3.56. The normalized spacial score (nSPS) is 13.7. The third kappa shape index (κ3) is 5.37. The summed E-state index contributed by atoms with van der Waals surface area (Å²) in [6, 6.07) is 22.3. The molecule has 0 bridgehead atoms. The summed E-state index contributed by atoms with van der Waals surface area (Å²) in [6.45, 7) is 2.83. The Morgan fingerprint density at radius 3 is 2.16 bits per heavy atom. The van der Waals surface area contributed by atoms with Crippen LogP contribution in [0.1, 0.15) is 20.7 Å². The lowest BCUT2D eigenvalue weighted by molar-refractivity contribution is 0.0746. The van der Waals surface area contributed by atoms with Crippen LogP contribution in [0.2, 0.25) is 5.02 Å². The summed E-state index contributed by atoms with van der Waals surface area (Å²) in [5.41, 5.74) is 3.12. The number of piperazine rings is 1. The predicted octanol–water partition coefficient (Wildman–Crippen LogP) is 5.16. The average molecular weight is 546 g/mol. The predicted molar refractivity (Wildman–Crippen MR) is 133 cm³/mol. The summed E-state index contributed by atoms with van der Waals surface area (Å²) < 4.78 is 1.02. The van der Waals surface area contributed by atoms with Crippen molar-refractivity contribution in [2.75, 3.05) is 36.4 Å². The highest BCUT2D eigenvalue weighted by atomic mass is 127. The molecule has 3 aromatic carbocycles. The van der Waals surface area contributed by atoms with Crippen molar-refractivity contribution < 1.29 is 9.59 Å². The molecule has 0 aliphatic carbocycles. The highest BCUT2D eigenvalue weighted by molar-refractivity contribution is 14.1. The van der Waals surface area contributed by atoms with Gasteiger partial charge in [-0.25, -0.2) is 0 Å². The average Bonchev–Trinajstić information content (AvgIpc) is 2.80. The first-order valence-corrected chi connectivity index (χ1v) is 11.4. The first-order valence-electron chi connectivity index (χ1n) is 9.96. The van der Waals surface area contributed by atoms with Crippen LogP contribution in [0, 0.1) is 3.57 Å². The van der Waals surface area contributed by atoms with Gasteiger partial charge in [0.15, 0.2) is 0 Å². The standard InChI is InChI=1S/C24H21ClIN3O2/c25-19-6-4-17(5-7-19)24(31)29-14-12-28(13-15-29)22-10-8-21(9-11-22)27-23(30)18-2-1-3-20(26)16-18/h1-11,16H,12-15H2,(H,27,30). The number of benzene rings is 3. The van der Waals surface area contributed by atoms with Crippen LogP contribution in [0.25, 0.3) is 0 Å². The van der Waals surface area contributed by atoms with E-state index in [0.717, 1.165) is 28.0 Å². The monoisotopic (exact) mass is 545 g/mol. The molecule has 1 aliphatic heterocycles. The summed E-state index contributed by atoms with van der Waals surface area (Å²) in [6.07, 6.45) is 0. The molecule has 7 heteroatoms. The van der Waals surface area contributed by atoms with Crippen molar-refractivity contribution in [1.82, 2.24) is 4.90 Å². The number of hydrogen-bond donors (Lipinski definition) is 1. The van der Waals surface area contributed by atoms with Crippen LogP contribution in [-0.4, -0.2) is 42.9 Å². The van der Waals surface area contributed by atoms with Crippen molar-refractivity contribution in [1.29, 1.82) is 0 Å². The van der Waals surface area contributed by atoms with Gasteiger partial charge in [0.05, 0.1) is 0 Å². The lowest BCUT2D eigenvalue weighted by atomic mass is 10.1. The topological polar surface area (TPSA) is 52.7 Å². The van der Waals surface area contributed by atoms with Crippen LogP contribution in [-0.2, 0) is 0 Å². The van der Waals surface area contributed by atoms with Gasteiger partial charge in [-0.2, -0.15) is 0 Å². The van der Waals surface area contributed by atoms with Gasteiger partial charge in [-0.05, 0) is 89.3 Å².